The van der Waals surface area contributed by atoms with Crippen LogP contribution in [0.15, 0.2) is 6.20 Å². The third kappa shape index (κ3) is 2.40. The summed E-state index contributed by atoms with van der Waals surface area (Å²) in [5.41, 5.74) is 1.52. The van der Waals surface area contributed by atoms with E-state index in [0.717, 1.165) is 17.8 Å². The van der Waals surface area contributed by atoms with Gasteiger partial charge in [-0.05, 0) is 25.6 Å². The number of hydrogen-bond donors (Lipinski definition) is 1. The number of imidazole rings is 1. The molecule has 3 nitrogen and oxygen atoms in total. The second kappa shape index (κ2) is 4.74. The average Bonchev–Trinajstić information content (AvgIpc) is 2.65. The Labute approximate surface area is 121 Å². The van der Waals surface area contributed by atoms with Crippen molar-refractivity contribution in [1.82, 2.24) is 9.55 Å². The molecule has 4 heteroatoms. The molecule has 1 saturated carbocycles. The highest BCUT2D eigenvalue weighted by molar-refractivity contribution is 7.71. The van der Waals surface area contributed by atoms with E-state index in [1.807, 2.05) is 0 Å². The van der Waals surface area contributed by atoms with Crippen molar-refractivity contribution in [2.45, 2.75) is 65.5 Å². The molecule has 0 aromatic carbocycles. The zero-order valence-corrected chi connectivity index (χ0v) is 13.7. The van der Waals surface area contributed by atoms with E-state index in [1.165, 1.54) is 5.69 Å². The highest BCUT2D eigenvalue weighted by Gasteiger charge is 2.51. The molecule has 19 heavy (non-hydrogen) atoms. The molecule has 1 aromatic rings. The van der Waals surface area contributed by atoms with Crippen LogP contribution in [0.25, 0.3) is 0 Å². The predicted molar refractivity (Wildman–Crippen MR) is 81.2 cm³/mol. The molecule has 1 aromatic heterocycles. The van der Waals surface area contributed by atoms with Crippen LogP contribution in [-0.2, 0) is 10.2 Å². The van der Waals surface area contributed by atoms with Gasteiger partial charge in [0.05, 0.1) is 6.10 Å². The van der Waals surface area contributed by atoms with Crippen molar-refractivity contribution in [2.75, 3.05) is 6.61 Å². The van der Waals surface area contributed by atoms with Crippen molar-refractivity contribution in [3.8, 4) is 0 Å². The third-order valence-electron chi connectivity index (χ3n) is 4.38. The van der Waals surface area contributed by atoms with Gasteiger partial charge in [-0.15, -0.1) is 0 Å². The van der Waals surface area contributed by atoms with Gasteiger partial charge in [-0.2, -0.15) is 0 Å². The Balaban J connectivity index is 2.35. The van der Waals surface area contributed by atoms with Crippen LogP contribution in [0, 0.1) is 10.2 Å². The molecule has 2 rings (SSSR count). The largest absolute Gasteiger partial charge is 0.378 e. The Morgan fingerprint density at radius 2 is 2.11 bits per heavy atom. The highest BCUT2D eigenvalue weighted by atomic mass is 32.1. The van der Waals surface area contributed by atoms with Crippen LogP contribution in [0.2, 0.25) is 0 Å². The minimum atomic E-state index is 0.0976. The molecular formula is C15H26N2OS. The fraction of sp³-hybridized carbons (Fsp3) is 0.800. The Morgan fingerprint density at radius 1 is 1.47 bits per heavy atom. The summed E-state index contributed by atoms with van der Waals surface area (Å²) in [7, 11) is 0. The molecule has 0 bridgehead atoms. The maximum atomic E-state index is 5.83. The van der Waals surface area contributed by atoms with Crippen LogP contribution in [-0.4, -0.2) is 22.3 Å². The smallest absolute Gasteiger partial charge is 0.177 e. The van der Waals surface area contributed by atoms with Gasteiger partial charge in [-0.3, -0.25) is 0 Å². The molecule has 108 valence electrons. The molecular weight excluding hydrogens is 256 g/mol. The molecule has 1 N–H and O–H groups in total. The van der Waals surface area contributed by atoms with E-state index in [2.05, 4.69) is 57.3 Å². The van der Waals surface area contributed by atoms with E-state index < -0.39 is 0 Å². The molecule has 0 aliphatic heterocycles. The van der Waals surface area contributed by atoms with Crippen molar-refractivity contribution in [3.05, 3.63) is 16.7 Å². The summed E-state index contributed by atoms with van der Waals surface area (Å²) in [5.74, 6) is 0. The van der Waals surface area contributed by atoms with Gasteiger partial charge in [0.15, 0.2) is 4.77 Å². The average molecular weight is 282 g/mol. The number of aromatic amines is 1. The zero-order valence-electron chi connectivity index (χ0n) is 12.9. The summed E-state index contributed by atoms with van der Waals surface area (Å²) in [6, 6.07) is 0.428. The topological polar surface area (TPSA) is 29.9 Å². The van der Waals surface area contributed by atoms with E-state index in [1.54, 1.807) is 0 Å². The lowest BCUT2D eigenvalue weighted by atomic mass is 9.64. The third-order valence-corrected chi connectivity index (χ3v) is 4.70. The summed E-state index contributed by atoms with van der Waals surface area (Å²) in [4.78, 5) is 3.21. The fourth-order valence-corrected chi connectivity index (χ4v) is 3.34. The van der Waals surface area contributed by atoms with Crippen molar-refractivity contribution < 1.29 is 4.74 Å². The van der Waals surface area contributed by atoms with Crippen LogP contribution in [0.3, 0.4) is 0 Å². The zero-order chi connectivity index (χ0) is 14.4. The first-order valence-corrected chi connectivity index (χ1v) is 7.52. The molecule has 2 unspecified atom stereocenters. The van der Waals surface area contributed by atoms with Crippen LogP contribution < -0.4 is 0 Å². The Bertz CT molecular complexity index is 507. The predicted octanol–water partition coefficient (Wildman–Crippen LogP) is 4.22. The Kier molecular flexibility index (Phi) is 3.69. The highest BCUT2D eigenvalue weighted by Crippen LogP contribution is 2.52. The maximum absolute atomic E-state index is 5.83. The Morgan fingerprint density at radius 3 is 2.58 bits per heavy atom. The molecule has 1 aliphatic carbocycles. The lowest BCUT2D eigenvalue weighted by Crippen LogP contribution is -2.52. The maximum Gasteiger partial charge on any atom is 0.177 e. The van der Waals surface area contributed by atoms with Crippen molar-refractivity contribution in [1.29, 1.82) is 0 Å². The van der Waals surface area contributed by atoms with Crippen LogP contribution in [0.5, 0.6) is 0 Å². The fourth-order valence-electron chi connectivity index (χ4n) is 3.05. The van der Waals surface area contributed by atoms with Gasteiger partial charge in [-0.1, -0.05) is 34.6 Å². The Hall–Kier alpha value is -0.610. The minimum absolute atomic E-state index is 0.0976. The quantitative estimate of drug-likeness (QED) is 0.841. The molecule has 0 radical (unpaired) electrons. The van der Waals surface area contributed by atoms with Crippen molar-refractivity contribution in [3.63, 3.8) is 0 Å². The number of aromatic nitrogens is 2. The monoisotopic (exact) mass is 282 g/mol. The van der Waals surface area contributed by atoms with Crippen LogP contribution in [0.4, 0.5) is 0 Å². The molecule has 1 heterocycles. The van der Waals surface area contributed by atoms with Gasteiger partial charge >= 0.3 is 0 Å². The molecule has 0 saturated heterocycles. The second-order valence-electron chi connectivity index (χ2n) is 7.12. The van der Waals surface area contributed by atoms with Gasteiger partial charge in [0, 0.05) is 35.4 Å². The van der Waals surface area contributed by atoms with E-state index >= 15 is 0 Å². The molecule has 2 atom stereocenters. The van der Waals surface area contributed by atoms with E-state index in [0.29, 0.717) is 12.1 Å². The van der Waals surface area contributed by atoms with Gasteiger partial charge in [0.2, 0.25) is 0 Å². The summed E-state index contributed by atoms with van der Waals surface area (Å²) >= 11 is 5.49. The molecule has 1 aliphatic rings. The van der Waals surface area contributed by atoms with Crippen molar-refractivity contribution in [2.24, 2.45) is 5.41 Å². The van der Waals surface area contributed by atoms with E-state index in [9.17, 15) is 0 Å². The van der Waals surface area contributed by atoms with Crippen LogP contribution >= 0.6 is 12.2 Å². The molecule has 0 spiro atoms. The first-order chi connectivity index (χ1) is 8.69. The number of nitrogens with one attached hydrogen (secondary N) is 1. The molecule has 1 fully saturated rings. The van der Waals surface area contributed by atoms with Gasteiger partial charge in [-0.25, -0.2) is 0 Å². The van der Waals surface area contributed by atoms with Crippen molar-refractivity contribution >= 4 is 12.2 Å². The van der Waals surface area contributed by atoms with E-state index in [4.69, 9.17) is 17.0 Å². The van der Waals surface area contributed by atoms with Gasteiger partial charge < -0.3 is 14.3 Å². The number of H-pyrrole nitrogens is 1. The van der Waals surface area contributed by atoms with E-state index in [-0.39, 0.29) is 10.8 Å². The summed E-state index contributed by atoms with van der Waals surface area (Å²) in [6.07, 6.45) is 3.45. The first kappa shape index (κ1) is 14.8. The summed E-state index contributed by atoms with van der Waals surface area (Å²) < 4.78 is 8.97. The summed E-state index contributed by atoms with van der Waals surface area (Å²) in [6.45, 7) is 14.1. The first-order valence-electron chi connectivity index (χ1n) is 7.11. The van der Waals surface area contributed by atoms with Crippen LogP contribution in [0.1, 0.15) is 59.7 Å². The lowest BCUT2D eigenvalue weighted by molar-refractivity contribution is -0.129. The molecule has 0 amide bonds. The summed E-state index contributed by atoms with van der Waals surface area (Å²) in [5, 5.41) is 0. The minimum Gasteiger partial charge on any atom is -0.378 e. The lowest BCUT2D eigenvalue weighted by Gasteiger charge is -2.52. The second-order valence-corrected chi connectivity index (χ2v) is 7.50. The number of ether oxygens (including phenoxy) is 1. The number of rotatable bonds is 3. The normalized spacial score (nSPS) is 26.2. The SMILES string of the molecule is CCOC1CC(n2c(C(C)(C)C)c[nH]c2=S)C1(C)C. The van der Waals surface area contributed by atoms with Gasteiger partial charge in [0.25, 0.3) is 0 Å². The van der Waals surface area contributed by atoms with Gasteiger partial charge in [0.1, 0.15) is 0 Å². The number of nitrogens with zero attached hydrogens (tertiary/aromatic N) is 1. The standard InChI is InChI=1S/C15H26N2OS/c1-7-18-12-8-10(15(12,5)6)17-11(14(2,3)4)9-16-13(17)19/h9-10,12H,7-8H2,1-6H3,(H,16,19). The number of hydrogen-bond acceptors (Lipinski definition) is 2.